The summed E-state index contributed by atoms with van der Waals surface area (Å²) in [6, 6.07) is 0. The monoisotopic (exact) mass is 426 g/mol. The number of hydrogen-bond donors (Lipinski definition) is 5. The normalized spacial score (nSPS) is 8.16. The van der Waals surface area contributed by atoms with Crippen molar-refractivity contribution in [1.82, 2.24) is 4.90 Å². The summed E-state index contributed by atoms with van der Waals surface area (Å²) in [4.78, 5) is 22.2. The van der Waals surface area contributed by atoms with Gasteiger partial charge in [-0.3, -0.25) is 9.59 Å². The van der Waals surface area contributed by atoms with E-state index in [9.17, 15) is 14.7 Å². The van der Waals surface area contributed by atoms with E-state index in [0.29, 0.717) is 38.8 Å². The summed E-state index contributed by atoms with van der Waals surface area (Å²) in [5, 5.41) is 33.0. The van der Waals surface area contributed by atoms with Crippen molar-refractivity contribution in [2.75, 3.05) is 13.1 Å². The zero-order valence-corrected chi connectivity index (χ0v) is 13.7. The number of nitrogens with two attached hydrogens (primary N) is 1. The minimum atomic E-state index is -0.838. The molecule has 13 heteroatoms. The molecule has 0 rings (SSSR count). The van der Waals surface area contributed by atoms with Crippen LogP contribution >= 0.6 is 24.4 Å². The molecule has 0 saturated heterocycles. The molecule has 0 atom stereocenters. The first-order valence-electron chi connectivity index (χ1n) is 6.56. The first kappa shape index (κ1) is 37.1. The maximum atomic E-state index is 10.3. The zero-order valence-electron chi connectivity index (χ0n) is 12.1. The molecular weight excluding hydrogens is 401 g/mol. The Kier molecular flexibility index (Phi) is 37.6. The average Bonchev–Trinajstić information content (AvgIpc) is 2.35. The SMILES string of the molecule is NC(O)=S.O=C(O)CCCCN(CCCCC(=O)O)C(O)=S.[NaH].[NaH].[NaH]. The summed E-state index contributed by atoms with van der Waals surface area (Å²) in [7, 11) is 0. The Bertz CT molecular complexity index is 366. The molecule has 0 heterocycles. The van der Waals surface area contributed by atoms with Crippen LogP contribution < -0.4 is 5.73 Å². The van der Waals surface area contributed by atoms with E-state index in [-0.39, 0.29) is 107 Å². The summed E-state index contributed by atoms with van der Waals surface area (Å²) >= 11 is 8.54. The van der Waals surface area contributed by atoms with Gasteiger partial charge in [0.2, 0.25) is 0 Å². The molecule has 25 heavy (non-hydrogen) atoms. The zero-order chi connectivity index (χ0) is 17.5. The number of thiocarbonyl (C=S) groups is 2. The van der Waals surface area contributed by atoms with Crippen molar-refractivity contribution in [3.63, 3.8) is 0 Å². The molecule has 8 nitrogen and oxygen atoms in total. The molecule has 0 aromatic carbocycles. The molecule has 0 spiro atoms. The van der Waals surface area contributed by atoms with Crippen molar-refractivity contribution in [3.8, 4) is 0 Å². The van der Waals surface area contributed by atoms with E-state index in [1.165, 1.54) is 0 Å². The quantitative estimate of drug-likeness (QED) is 0.176. The first-order chi connectivity index (χ1) is 10.2. The van der Waals surface area contributed by atoms with Gasteiger partial charge < -0.3 is 31.1 Å². The van der Waals surface area contributed by atoms with Crippen LogP contribution in [0.25, 0.3) is 0 Å². The van der Waals surface area contributed by atoms with E-state index in [1.807, 2.05) is 0 Å². The van der Waals surface area contributed by atoms with Crippen molar-refractivity contribution in [2.24, 2.45) is 5.73 Å². The van der Waals surface area contributed by atoms with Gasteiger partial charge in [0.1, 0.15) is 0 Å². The molecular formula is C12H25N2Na3O6S2. The fraction of sp³-hybridized carbons (Fsp3) is 0.667. The van der Waals surface area contributed by atoms with E-state index >= 15 is 0 Å². The van der Waals surface area contributed by atoms with E-state index in [0.717, 1.165) is 0 Å². The van der Waals surface area contributed by atoms with Gasteiger partial charge >= 0.3 is 101 Å². The number of aliphatic hydroxyl groups excluding tert-OH is 2. The predicted molar refractivity (Wildman–Crippen MR) is 111 cm³/mol. The van der Waals surface area contributed by atoms with Crippen LogP contribution in [-0.2, 0) is 9.59 Å². The molecule has 0 aromatic rings. The van der Waals surface area contributed by atoms with Crippen LogP contribution in [0.3, 0.4) is 0 Å². The van der Waals surface area contributed by atoms with Crippen molar-refractivity contribution in [3.05, 3.63) is 0 Å². The van der Waals surface area contributed by atoms with Crippen molar-refractivity contribution >= 4 is 135 Å². The molecule has 0 fully saturated rings. The molecule has 0 aliphatic carbocycles. The van der Waals surface area contributed by atoms with Gasteiger partial charge in [-0.2, -0.15) is 0 Å². The van der Waals surface area contributed by atoms with Gasteiger partial charge in [0.15, 0.2) is 0 Å². The molecule has 6 N–H and O–H groups in total. The van der Waals surface area contributed by atoms with Crippen LogP contribution in [0.1, 0.15) is 38.5 Å². The van der Waals surface area contributed by atoms with Crippen LogP contribution in [0.5, 0.6) is 0 Å². The standard InChI is InChI=1S/C11H19NO5S.CH3NOS.3Na.3H/c13-9(14)5-1-3-7-12(11(17)18)8-4-2-6-10(15)16;2-1(3)4;;;;;;/h1-8H2,(H,13,14)(H,15,16)(H,17,18);(H3,2,3,4);;;;;;. The molecule has 0 saturated carbocycles. The number of rotatable bonds is 10. The molecule has 0 aliphatic heterocycles. The molecule has 134 valence electrons. The van der Waals surface area contributed by atoms with Crippen LogP contribution in [0, 0.1) is 0 Å². The number of nitrogens with zero attached hydrogens (tertiary/aromatic N) is 1. The van der Waals surface area contributed by atoms with E-state index in [1.54, 1.807) is 4.90 Å². The first-order valence-corrected chi connectivity index (χ1v) is 7.38. The van der Waals surface area contributed by atoms with E-state index in [2.05, 4.69) is 30.2 Å². The van der Waals surface area contributed by atoms with Crippen molar-refractivity contribution in [1.29, 1.82) is 0 Å². The summed E-state index contributed by atoms with van der Waals surface area (Å²) in [6.45, 7) is 0.991. The summed E-state index contributed by atoms with van der Waals surface area (Å²) in [5.74, 6) is -1.68. The number of hydrogen-bond acceptors (Lipinski definition) is 4. The van der Waals surface area contributed by atoms with Gasteiger partial charge in [0.25, 0.3) is 10.3 Å². The van der Waals surface area contributed by atoms with Gasteiger partial charge in [0.05, 0.1) is 0 Å². The van der Waals surface area contributed by atoms with Gasteiger partial charge in [-0.1, -0.05) is 0 Å². The Balaban J connectivity index is -0.000000171. The number of unbranched alkanes of at least 4 members (excludes halogenated alkanes) is 2. The summed E-state index contributed by atoms with van der Waals surface area (Å²) in [5.41, 5.74) is 4.40. The topological polar surface area (TPSA) is 144 Å². The van der Waals surface area contributed by atoms with Crippen molar-refractivity contribution in [2.45, 2.75) is 38.5 Å². The van der Waals surface area contributed by atoms with E-state index in [4.69, 9.17) is 15.3 Å². The summed E-state index contributed by atoms with van der Waals surface area (Å²) < 4.78 is 0. The fourth-order valence-corrected chi connectivity index (χ4v) is 1.64. The molecule has 0 bridgehead atoms. The number of aliphatic hydroxyl groups is 2. The Labute approximate surface area is 224 Å². The Morgan fingerprint density at radius 3 is 1.24 bits per heavy atom. The van der Waals surface area contributed by atoms with Crippen LogP contribution in [0.4, 0.5) is 0 Å². The van der Waals surface area contributed by atoms with Crippen LogP contribution in [-0.4, -0.2) is 149 Å². The van der Waals surface area contributed by atoms with Crippen molar-refractivity contribution < 1.29 is 30.0 Å². The third-order valence-corrected chi connectivity index (χ3v) is 2.67. The average molecular weight is 426 g/mol. The number of carboxylic acid groups (broad SMARTS) is 2. The van der Waals surface area contributed by atoms with Crippen LogP contribution in [0.15, 0.2) is 0 Å². The number of aliphatic carboxylic acids is 2. The number of carbonyl (C=O) groups is 2. The molecule has 0 unspecified atom stereocenters. The van der Waals surface area contributed by atoms with Gasteiger partial charge in [-0.05, 0) is 50.1 Å². The van der Waals surface area contributed by atoms with E-state index < -0.39 is 17.1 Å². The molecule has 0 aromatic heterocycles. The summed E-state index contributed by atoms with van der Waals surface area (Å²) in [6.07, 6.45) is 2.53. The molecule has 0 radical (unpaired) electrons. The van der Waals surface area contributed by atoms with Crippen LogP contribution in [0.2, 0.25) is 0 Å². The molecule has 0 amide bonds. The second kappa shape index (κ2) is 25.3. The van der Waals surface area contributed by atoms with Gasteiger partial charge in [-0.15, -0.1) is 0 Å². The maximum absolute atomic E-state index is 10.3. The minimum absolute atomic E-state index is 0. The predicted octanol–water partition coefficient (Wildman–Crippen LogP) is -0.516. The second-order valence-corrected chi connectivity index (χ2v) is 5.09. The second-order valence-electron chi connectivity index (χ2n) is 4.31. The third kappa shape index (κ3) is 36.9. The third-order valence-electron chi connectivity index (χ3n) is 2.41. The Morgan fingerprint density at radius 1 is 0.760 bits per heavy atom. The Morgan fingerprint density at radius 2 is 1.04 bits per heavy atom. The van der Waals surface area contributed by atoms with Gasteiger partial charge in [-0.25, -0.2) is 0 Å². The Hall–Kier alpha value is 1.32. The van der Waals surface area contributed by atoms with Gasteiger partial charge in [0, 0.05) is 25.9 Å². The fourth-order valence-electron chi connectivity index (χ4n) is 1.46. The number of carboxylic acids is 2. The molecule has 0 aliphatic rings.